The minimum Gasteiger partial charge on any atom is -0.372 e. The van der Waals surface area contributed by atoms with Crippen molar-refractivity contribution in [1.29, 1.82) is 5.26 Å². The number of aromatic nitrogens is 2. The molecule has 0 saturated carbocycles. The summed E-state index contributed by atoms with van der Waals surface area (Å²) in [7, 11) is 2.06. The summed E-state index contributed by atoms with van der Waals surface area (Å²) in [5.41, 5.74) is 3.16. The Morgan fingerprint density at radius 2 is 2.07 bits per heavy atom. The second kappa shape index (κ2) is 7.84. The molecule has 1 N–H and O–H groups in total. The lowest BCUT2D eigenvalue weighted by Gasteiger charge is -2.37. The normalized spacial score (nSPS) is 14.1. The number of piperazine rings is 1. The molecule has 29 heavy (non-hydrogen) atoms. The largest absolute Gasteiger partial charge is 0.372 e. The van der Waals surface area contributed by atoms with E-state index in [0.29, 0.717) is 24.2 Å². The maximum Gasteiger partial charge on any atom is 0.256 e. The van der Waals surface area contributed by atoms with E-state index in [1.165, 1.54) is 0 Å². The minimum absolute atomic E-state index is 0.0209. The van der Waals surface area contributed by atoms with Crippen LogP contribution in [-0.4, -0.2) is 60.5 Å². The van der Waals surface area contributed by atoms with Crippen LogP contribution in [0.15, 0.2) is 42.7 Å². The van der Waals surface area contributed by atoms with Crippen molar-refractivity contribution in [1.82, 2.24) is 14.9 Å². The summed E-state index contributed by atoms with van der Waals surface area (Å²) in [6, 6.07) is 11.5. The van der Waals surface area contributed by atoms with Gasteiger partial charge in [-0.05, 0) is 31.2 Å². The maximum absolute atomic E-state index is 13.1. The topological polar surface area (TPSA) is 79.3 Å². The van der Waals surface area contributed by atoms with E-state index in [9.17, 15) is 4.79 Å². The van der Waals surface area contributed by atoms with Crippen molar-refractivity contribution in [3.63, 3.8) is 0 Å². The van der Waals surface area contributed by atoms with E-state index in [-0.39, 0.29) is 5.91 Å². The molecule has 148 valence electrons. The Balaban J connectivity index is 1.49. The lowest BCUT2D eigenvalue weighted by molar-refractivity contribution is 0.0748. The molecule has 4 rings (SSSR count). The van der Waals surface area contributed by atoms with E-state index in [4.69, 9.17) is 5.26 Å². The average Bonchev–Trinajstić information content (AvgIpc) is 3.21. The number of H-pyrrole nitrogens is 1. The summed E-state index contributed by atoms with van der Waals surface area (Å²) in [5, 5.41) is 9.91. The fourth-order valence-electron chi connectivity index (χ4n) is 3.76. The molecule has 0 radical (unpaired) electrons. The van der Waals surface area contributed by atoms with Crippen molar-refractivity contribution in [2.45, 2.75) is 6.92 Å². The van der Waals surface area contributed by atoms with Crippen LogP contribution < -0.4 is 9.80 Å². The second-order valence-corrected chi connectivity index (χ2v) is 7.21. The van der Waals surface area contributed by atoms with Crippen LogP contribution in [0, 0.1) is 11.3 Å². The van der Waals surface area contributed by atoms with Gasteiger partial charge in [0.1, 0.15) is 0 Å². The fourth-order valence-corrected chi connectivity index (χ4v) is 3.76. The molecular formula is C22H24N6O. The lowest BCUT2D eigenvalue weighted by Crippen LogP contribution is -2.49. The van der Waals surface area contributed by atoms with Gasteiger partial charge in [-0.2, -0.15) is 5.26 Å². The van der Waals surface area contributed by atoms with Crippen LogP contribution >= 0.6 is 0 Å². The van der Waals surface area contributed by atoms with Gasteiger partial charge in [0.05, 0.1) is 22.9 Å². The third-order valence-electron chi connectivity index (χ3n) is 5.56. The van der Waals surface area contributed by atoms with Crippen molar-refractivity contribution in [3.05, 3.63) is 53.9 Å². The van der Waals surface area contributed by atoms with E-state index < -0.39 is 0 Å². The monoisotopic (exact) mass is 388 g/mol. The molecule has 1 aliphatic rings. The Kier molecular flexibility index (Phi) is 5.09. The van der Waals surface area contributed by atoms with E-state index in [1.807, 2.05) is 23.2 Å². The van der Waals surface area contributed by atoms with Gasteiger partial charge in [0.25, 0.3) is 5.91 Å². The van der Waals surface area contributed by atoms with Crippen LogP contribution in [0.3, 0.4) is 0 Å². The number of carbonyl (C=O) groups is 1. The molecule has 1 amide bonds. The second-order valence-electron chi connectivity index (χ2n) is 7.21. The number of hydrogen-bond acceptors (Lipinski definition) is 5. The molecule has 0 bridgehead atoms. The molecule has 1 fully saturated rings. The molecule has 0 unspecified atom stereocenters. The quantitative estimate of drug-likeness (QED) is 0.743. The molecule has 3 aromatic rings. The van der Waals surface area contributed by atoms with Gasteiger partial charge in [-0.15, -0.1) is 0 Å². The summed E-state index contributed by atoms with van der Waals surface area (Å²) in [4.78, 5) is 27.1. The first-order valence-electron chi connectivity index (χ1n) is 9.84. The van der Waals surface area contributed by atoms with Crippen LogP contribution in [0.1, 0.15) is 22.8 Å². The summed E-state index contributed by atoms with van der Waals surface area (Å²) in [5.74, 6) is 0.993. The van der Waals surface area contributed by atoms with Crippen LogP contribution in [0.4, 0.5) is 11.5 Å². The molecular weight excluding hydrogens is 364 g/mol. The number of carbonyl (C=O) groups excluding carboxylic acids is 1. The van der Waals surface area contributed by atoms with Crippen molar-refractivity contribution in [2.75, 3.05) is 49.6 Å². The molecule has 7 nitrogen and oxygen atoms in total. The molecule has 1 aromatic carbocycles. The first-order chi connectivity index (χ1) is 14.1. The van der Waals surface area contributed by atoms with E-state index in [0.717, 1.165) is 42.0 Å². The number of nitriles is 1. The minimum atomic E-state index is 0.0209. The van der Waals surface area contributed by atoms with Crippen molar-refractivity contribution in [2.24, 2.45) is 0 Å². The number of nitrogens with one attached hydrogen (secondary N) is 1. The van der Waals surface area contributed by atoms with Gasteiger partial charge in [-0.25, -0.2) is 4.98 Å². The molecule has 3 heterocycles. The van der Waals surface area contributed by atoms with E-state index in [2.05, 4.69) is 45.9 Å². The van der Waals surface area contributed by atoms with E-state index in [1.54, 1.807) is 18.3 Å². The highest BCUT2D eigenvalue weighted by Crippen LogP contribution is 2.27. The predicted molar refractivity (Wildman–Crippen MR) is 114 cm³/mol. The van der Waals surface area contributed by atoms with Crippen LogP contribution in [0.25, 0.3) is 10.9 Å². The third kappa shape index (κ3) is 3.49. The number of benzene rings is 1. The standard InChI is InChI=1S/C22H24N6O/c1-3-26(2)20-5-4-8-24-21(20)27-9-11-28(12-10-27)22(29)18-15-25-19-13-16(14-23)6-7-17(18)19/h4-8,13,15,25H,3,9-12H2,1-2H3. The van der Waals surface area contributed by atoms with E-state index >= 15 is 0 Å². The fraction of sp³-hybridized carbons (Fsp3) is 0.318. The summed E-state index contributed by atoms with van der Waals surface area (Å²) in [6.45, 7) is 5.81. The number of pyridine rings is 1. The number of anilines is 2. The zero-order chi connectivity index (χ0) is 20.4. The number of fused-ring (bicyclic) bond motifs is 1. The van der Waals surface area contributed by atoms with Gasteiger partial charge in [-0.3, -0.25) is 4.79 Å². The number of nitrogens with zero attached hydrogens (tertiary/aromatic N) is 5. The molecule has 2 aromatic heterocycles. The van der Waals surface area contributed by atoms with Crippen molar-refractivity contribution < 1.29 is 4.79 Å². The molecule has 1 saturated heterocycles. The van der Waals surface area contributed by atoms with Gasteiger partial charge in [0, 0.05) is 63.1 Å². The highest BCUT2D eigenvalue weighted by Gasteiger charge is 2.26. The smallest absolute Gasteiger partial charge is 0.256 e. The SMILES string of the molecule is CCN(C)c1cccnc1N1CCN(C(=O)c2c[nH]c3cc(C#N)ccc23)CC1. The first-order valence-corrected chi connectivity index (χ1v) is 9.84. The Hall–Kier alpha value is -3.53. The molecule has 0 aliphatic carbocycles. The molecule has 7 heteroatoms. The first kappa shape index (κ1) is 18.8. The Bertz CT molecular complexity index is 1070. The lowest BCUT2D eigenvalue weighted by atomic mass is 10.1. The number of rotatable bonds is 4. The Morgan fingerprint density at radius 1 is 1.28 bits per heavy atom. The Morgan fingerprint density at radius 3 is 2.79 bits per heavy atom. The maximum atomic E-state index is 13.1. The number of hydrogen-bond donors (Lipinski definition) is 1. The zero-order valence-electron chi connectivity index (χ0n) is 16.7. The van der Waals surface area contributed by atoms with Crippen LogP contribution in [0.2, 0.25) is 0 Å². The van der Waals surface area contributed by atoms with Gasteiger partial charge in [0.15, 0.2) is 5.82 Å². The van der Waals surface area contributed by atoms with Gasteiger partial charge in [0.2, 0.25) is 0 Å². The van der Waals surface area contributed by atoms with Crippen LogP contribution in [-0.2, 0) is 0 Å². The number of aromatic amines is 1. The van der Waals surface area contributed by atoms with Gasteiger partial charge < -0.3 is 19.7 Å². The highest BCUT2D eigenvalue weighted by molar-refractivity contribution is 6.07. The van der Waals surface area contributed by atoms with Crippen molar-refractivity contribution >= 4 is 28.3 Å². The summed E-state index contributed by atoms with van der Waals surface area (Å²) in [6.07, 6.45) is 3.56. The third-order valence-corrected chi connectivity index (χ3v) is 5.56. The number of amides is 1. The van der Waals surface area contributed by atoms with Gasteiger partial charge >= 0.3 is 0 Å². The predicted octanol–water partition coefficient (Wildman–Crippen LogP) is 2.85. The molecule has 0 atom stereocenters. The molecule has 0 spiro atoms. The summed E-state index contributed by atoms with van der Waals surface area (Å²) >= 11 is 0. The average molecular weight is 388 g/mol. The zero-order valence-corrected chi connectivity index (χ0v) is 16.7. The van der Waals surface area contributed by atoms with Crippen molar-refractivity contribution in [3.8, 4) is 6.07 Å². The van der Waals surface area contributed by atoms with Crippen LogP contribution in [0.5, 0.6) is 0 Å². The summed E-state index contributed by atoms with van der Waals surface area (Å²) < 4.78 is 0. The Labute approximate surface area is 170 Å². The highest BCUT2D eigenvalue weighted by atomic mass is 16.2. The molecule has 1 aliphatic heterocycles. The van der Waals surface area contributed by atoms with Gasteiger partial charge in [-0.1, -0.05) is 6.07 Å².